The van der Waals surface area contributed by atoms with E-state index in [0.717, 1.165) is 23.4 Å². The second-order valence-corrected chi connectivity index (χ2v) is 5.72. The van der Waals surface area contributed by atoms with E-state index >= 15 is 0 Å². The van der Waals surface area contributed by atoms with Crippen LogP contribution < -0.4 is 15.4 Å². The Balaban J connectivity index is 1.41. The Bertz CT molecular complexity index is 861. The lowest BCUT2D eigenvalue weighted by molar-refractivity contribution is 0.232. The molecule has 2 amide bonds. The van der Waals surface area contributed by atoms with Crippen molar-refractivity contribution in [2.24, 2.45) is 0 Å². The van der Waals surface area contributed by atoms with Gasteiger partial charge in [-0.05, 0) is 30.3 Å². The molecule has 0 bridgehead atoms. The van der Waals surface area contributed by atoms with Crippen LogP contribution in [-0.4, -0.2) is 27.6 Å². The van der Waals surface area contributed by atoms with E-state index in [9.17, 15) is 4.79 Å². The smallest absolute Gasteiger partial charge is 0.319 e. The number of ether oxygens (including phenoxy) is 1. The second-order valence-electron chi connectivity index (χ2n) is 5.72. The highest BCUT2D eigenvalue weighted by molar-refractivity contribution is 5.89. The number of nitrogens with one attached hydrogen (secondary N) is 2. The SMILES string of the molecule is O=C(Nc1ccc(-n2ccnn2)cc1)N[C@@H]1CCOc2ccccc21. The first kappa shape index (κ1) is 15.2. The van der Waals surface area contributed by atoms with Crippen molar-refractivity contribution in [3.63, 3.8) is 0 Å². The van der Waals surface area contributed by atoms with Crippen molar-refractivity contribution in [2.75, 3.05) is 11.9 Å². The number of hydrogen-bond donors (Lipinski definition) is 2. The van der Waals surface area contributed by atoms with Gasteiger partial charge in [0.25, 0.3) is 0 Å². The molecule has 7 nitrogen and oxygen atoms in total. The fraction of sp³-hybridized carbons (Fsp3) is 0.167. The average molecular weight is 335 g/mol. The van der Waals surface area contributed by atoms with Crippen molar-refractivity contribution in [1.82, 2.24) is 20.3 Å². The van der Waals surface area contributed by atoms with Crippen molar-refractivity contribution in [3.05, 3.63) is 66.5 Å². The number of para-hydroxylation sites is 1. The van der Waals surface area contributed by atoms with E-state index in [1.54, 1.807) is 17.1 Å². The molecule has 0 radical (unpaired) electrons. The van der Waals surface area contributed by atoms with E-state index in [0.29, 0.717) is 12.3 Å². The molecule has 0 fully saturated rings. The Hall–Kier alpha value is -3.35. The molecule has 0 saturated carbocycles. The molecule has 1 aliphatic heterocycles. The van der Waals surface area contributed by atoms with E-state index in [-0.39, 0.29) is 12.1 Å². The Labute approximate surface area is 144 Å². The van der Waals surface area contributed by atoms with Crippen LogP contribution in [0.4, 0.5) is 10.5 Å². The zero-order valence-corrected chi connectivity index (χ0v) is 13.4. The van der Waals surface area contributed by atoms with Gasteiger partial charge in [0.1, 0.15) is 5.75 Å². The van der Waals surface area contributed by atoms with Crippen molar-refractivity contribution in [2.45, 2.75) is 12.5 Å². The van der Waals surface area contributed by atoms with Gasteiger partial charge < -0.3 is 15.4 Å². The molecule has 126 valence electrons. The molecule has 7 heteroatoms. The lowest BCUT2D eigenvalue weighted by Crippen LogP contribution is -2.35. The van der Waals surface area contributed by atoms with E-state index in [2.05, 4.69) is 20.9 Å². The largest absolute Gasteiger partial charge is 0.493 e. The highest BCUT2D eigenvalue weighted by Crippen LogP contribution is 2.31. The number of rotatable bonds is 3. The molecule has 25 heavy (non-hydrogen) atoms. The van der Waals surface area contributed by atoms with Crippen molar-refractivity contribution in [1.29, 1.82) is 0 Å². The summed E-state index contributed by atoms with van der Waals surface area (Å²) in [6.45, 7) is 0.592. The minimum atomic E-state index is -0.241. The molecule has 4 rings (SSSR count). The normalized spacial score (nSPS) is 15.8. The Kier molecular flexibility index (Phi) is 4.04. The molecule has 1 atom stereocenters. The Morgan fingerprint density at radius 1 is 1.16 bits per heavy atom. The molecule has 0 spiro atoms. The summed E-state index contributed by atoms with van der Waals surface area (Å²) in [7, 11) is 0. The molecule has 1 aromatic heterocycles. The van der Waals surface area contributed by atoms with Gasteiger partial charge in [-0.2, -0.15) is 0 Å². The maximum Gasteiger partial charge on any atom is 0.319 e. The van der Waals surface area contributed by atoms with Gasteiger partial charge in [-0.1, -0.05) is 23.4 Å². The number of amides is 2. The number of nitrogens with zero attached hydrogens (tertiary/aromatic N) is 3. The van der Waals surface area contributed by atoms with Crippen LogP contribution >= 0.6 is 0 Å². The van der Waals surface area contributed by atoms with E-state index in [1.165, 1.54) is 0 Å². The fourth-order valence-corrected chi connectivity index (χ4v) is 2.86. The quantitative estimate of drug-likeness (QED) is 0.771. The van der Waals surface area contributed by atoms with Gasteiger partial charge in [0.15, 0.2) is 0 Å². The third kappa shape index (κ3) is 3.30. The number of fused-ring (bicyclic) bond motifs is 1. The van der Waals surface area contributed by atoms with Crippen LogP contribution in [0.2, 0.25) is 0 Å². The minimum absolute atomic E-state index is 0.0561. The van der Waals surface area contributed by atoms with Crippen LogP contribution in [0.15, 0.2) is 60.9 Å². The molecule has 0 saturated heterocycles. The number of anilines is 1. The maximum absolute atomic E-state index is 12.3. The first-order valence-electron chi connectivity index (χ1n) is 8.05. The van der Waals surface area contributed by atoms with Crippen LogP contribution in [0.5, 0.6) is 5.75 Å². The summed E-state index contributed by atoms with van der Waals surface area (Å²) in [6.07, 6.45) is 4.12. The van der Waals surface area contributed by atoms with Crippen LogP contribution in [0.1, 0.15) is 18.0 Å². The highest BCUT2D eigenvalue weighted by Gasteiger charge is 2.22. The van der Waals surface area contributed by atoms with E-state index < -0.39 is 0 Å². The summed E-state index contributed by atoms with van der Waals surface area (Å²) in [5, 5.41) is 13.6. The summed E-state index contributed by atoms with van der Waals surface area (Å²) in [5.41, 5.74) is 2.59. The molecule has 2 heterocycles. The lowest BCUT2D eigenvalue weighted by Gasteiger charge is -2.26. The van der Waals surface area contributed by atoms with Gasteiger partial charge in [-0.25, -0.2) is 9.48 Å². The number of urea groups is 1. The Morgan fingerprint density at radius 2 is 2.00 bits per heavy atom. The molecule has 0 aliphatic carbocycles. The van der Waals surface area contributed by atoms with Crippen LogP contribution in [0, 0.1) is 0 Å². The minimum Gasteiger partial charge on any atom is -0.493 e. The summed E-state index contributed by atoms with van der Waals surface area (Å²) < 4.78 is 7.27. The monoisotopic (exact) mass is 335 g/mol. The van der Waals surface area contributed by atoms with Gasteiger partial charge in [-0.3, -0.25) is 0 Å². The summed E-state index contributed by atoms with van der Waals surface area (Å²) >= 11 is 0. The van der Waals surface area contributed by atoms with Gasteiger partial charge in [0.2, 0.25) is 0 Å². The van der Waals surface area contributed by atoms with Crippen molar-refractivity contribution < 1.29 is 9.53 Å². The Morgan fingerprint density at radius 3 is 2.80 bits per heavy atom. The number of carbonyl (C=O) groups excluding carboxylic acids is 1. The van der Waals surface area contributed by atoms with E-state index in [4.69, 9.17) is 4.74 Å². The predicted octanol–water partition coefficient (Wildman–Crippen LogP) is 2.91. The molecular weight excluding hydrogens is 318 g/mol. The van der Waals surface area contributed by atoms with Crippen molar-refractivity contribution >= 4 is 11.7 Å². The molecule has 2 aromatic carbocycles. The maximum atomic E-state index is 12.3. The molecule has 2 N–H and O–H groups in total. The molecule has 3 aromatic rings. The van der Waals surface area contributed by atoms with Crippen molar-refractivity contribution in [3.8, 4) is 11.4 Å². The summed E-state index contributed by atoms with van der Waals surface area (Å²) in [4.78, 5) is 12.3. The third-order valence-corrected chi connectivity index (χ3v) is 4.08. The number of aromatic nitrogens is 3. The zero-order chi connectivity index (χ0) is 17.1. The molecular formula is C18H17N5O2. The topological polar surface area (TPSA) is 81.1 Å². The fourth-order valence-electron chi connectivity index (χ4n) is 2.86. The standard InChI is InChI=1S/C18H17N5O2/c24-18(21-16-9-12-25-17-4-2-1-3-15(16)17)20-13-5-7-14(8-6-13)23-11-10-19-22-23/h1-8,10-11,16H,9,12H2,(H2,20,21,24)/t16-/m1/s1. The first-order chi connectivity index (χ1) is 12.3. The van der Waals surface area contributed by atoms with Crippen LogP contribution in [0.3, 0.4) is 0 Å². The van der Waals surface area contributed by atoms with Gasteiger partial charge in [-0.15, -0.1) is 5.10 Å². The summed E-state index contributed by atoms with van der Waals surface area (Å²) in [6, 6.07) is 14.9. The van der Waals surface area contributed by atoms with Gasteiger partial charge >= 0.3 is 6.03 Å². The van der Waals surface area contributed by atoms with E-state index in [1.807, 2.05) is 48.5 Å². The first-order valence-corrected chi connectivity index (χ1v) is 8.05. The average Bonchev–Trinajstić information content (AvgIpc) is 3.17. The van der Waals surface area contributed by atoms with Gasteiger partial charge in [0, 0.05) is 17.7 Å². The van der Waals surface area contributed by atoms with Crippen LogP contribution in [-0.2, 0) is 0 Å². The molecule has 1 aliphatic rings. The molecule has 0 unspecified atom stereocenters. The van der Waals surface area contributed by atoms with Gasteiger partial charge in [0.05, 0.1) is 30.7 Å². The predicted molar refractivity (Wildman–Crippen MR) is 92.8 cm³/mol. The number of benzene rings is 2. The zero-order valence-electron chi connectivity index (χ0n) is 13.4. The third-order valence-electron chi connectivity index (χ3n) is 4.08. The summed E-state index contributed by atoms with van der Waals surface area (Å²) in [5.74, 6) is 0.830. The number of carbonyl (C=O) groups is 1. The number of hydrogen-bond acceptors (Lipinski definition) is 4. The lowest BCUT2D eigenvalue weighted by atomic mass is 10.0. The second kappa shape index (κ2) is 6.64. The van der Waals surface area contributed by atoms with Crippen LogP contribution in [0.25, 0.3) is 5.69 Å². The highest BCUT2D eigenvalue weighted by atomic mass is 16.5.